The fourth-order valence-electron chi connectivity index (χ4n) is 4.63. The van der Waals surface area contributed by atoms with E-state index in [2.05, 4.69) is 62.4 Å². The zero-order valence-electron chi connectivity index (χ0n) is 16.9. The molecular formula is C25H28O3. The van der Waals surface area contributed by atoms with E-state index in [0.717, 1.165) is 12.8 Å². The van der Waals surface area contributed by atoms with Gasteiger partial charge in [0, 0.05) is 5.41 Å². The summed E-state index contributed by atoms with van der Waals surface area (Å²) in [5.74, 6) is 1.40. The number of carbonyl (C=O) groups is 1. The number of hydrogen-bond acceptors (Lipinski definition) is 3. The van der Waals surface area contributed by atoms with E-state index in [1.165, 1.54) is 11.1 Å². The number of benzene rings is 2. The molecule has 3 heteroatoms. The van der Waals surface area contributed by atoms with Crippen LogP contribution in [0.3, 0.4) is 0 Å². The summed E-state index contributed by atoms with van der Waals surface area (Å²) in [4.78, 5) is 12.6. The minimum atomic E-state index is -0.396. The molecule has 0 radical (unpaired) electrons. The molecular weight excluding hydrogens is 348 g/mol. The van der Waals surface area contributed by atoms with Gasteiger partial charge in [0.1, 0.15) is 5.75 Å². The zero-order valence-corrected chi connectivity index (χ0v) is 16.9. The molecule has 1 fully saturated rings. The highest BCUT2D eigenvalue weighted by Crippen LogP contribution is 2.52. The number of hydrogen-bond donors (Lipinski definition) is 0. The van der Waals surface area contributed by atoms with Crippen LogP contribution in [-0.2, 0) is 14.9 Å². The maximum absolute atomic E-state index is 12.6. The molecule has 0 aromatic heterocycles. The molecule has 3 nitrogen and oxygen atoms in total. The van der Waals surface area contributed by atoms with Crippen LogP contribution in [0.25, 0.3) is 0 Å². The third-order valence-electron chi connectivity index (χ3n) is 6.63. The summed E-state index contributed by atoms with van der Waals surface area (Å²) >= 11 is 0. The molecule has 0 amide bonds. The van der Waals surface area contributed by atoms with E-state index in [1.807, 2.05) is 25.1 Å². The summed E-state index contributed by atoms with van der Waals surface area (Å²) in [6.45, 7) is 6.40. The second kappa shape index (κ2) is 7.12. The normalized spacial score (nSPS) is 25.7. The van der Waals surface area contributed by atoms with Crippen LogP contribution in [0.2, 0.25) is 0 Å². The minimum absolute atomic E-state index is 0.0447. The predicted octanol–water partition coefficient (Wildman–Crippen LogP) is 5.49. The first-order valence-electron chi connectivity index (χ1n) is 10.0. The van der Waals surface area contributed by atoms with E-state index in [0.29, 0.717) is 17.6 Å². The number of esters is 1. The maximum Gasteiger partial charge on any atom is 0.315 e. The van der Waals surface area contributed by atoms with Crippen molar-refractivity contribution in [2.45, 2.75) is 39.0 Å². The van der Waals surface area contributed by atoms with E-state index in [-0.39, 0.29) is 18.2 Å². The Balaban J connectivity index is 1.34. The molecule has 1 saturated carbocycles. The van der Waals surface area contributed by atoms with Crippen LogP contribution in [0.1, 0.15) is 44.7 Å². The average molecular weight is 376 g/mol. The van der Waals surface area contributed by atoms with Crippen molar-refractivity contribution in [2.75, 3.05) is 6.79 Å². The second-order valence-electron chi connectivity index (χ2n) is 8.82. The largest absolute Gasteiger partial charge is 0.457 e. The fraction of sp³-hybridized carbons (Fsp3) is 0.400. The molecule has 2 aromatic rings. The Labute approximate surface area is 167 Å². The Hall–Kier alpha value is -2.55. The highest BCUT2D eigenvalue weighted by atomic mass is 16.7. The summed E-state index contributed by atoms with van der Waals surface area (Å²) in [7, 11) is 0. The van der Waals surface area contributed by atoms with Crippen molar-refractivity contribution in [3.05, 3.63) is 77.9 Å². The van der Waals surface area contributed by atoms with Gasteiger partial charge in [-0.2, -0.15) is 0 Å². The first kappa shape index (κ1) is 18.8. The third-order valence-corrected chi connectivity index (χ3v) is 6.63. The lowest BCUT2D eigenvalue weighted by Gasteiger charge is -2.28. The molecule has 2 aliphatic rings. The first-order chi connectivity index (χ1) is 13.4. The van der Waals surface area contributed by atoms with E-state index >= 15 is 0 Å². The molecule has 3 atom stereocenters. The van der Waals surface area contributed by atoms with Crippen LogP contribution in [0.15, 0.2) is 66.7 Å². The lowest BCUT2D eigenvalue weighted by molar-refractivity contribution is -0.163. The van der Waals surface area contributed by atoms with Crippen molar-refractivity contribution in [1.29, 1.82) is 0 Å². The van der Waals surface area contributed by atoms with Gasteiger partial charge in [0.15, 0.2) is 0 Å². The molecule has 0 saturated heterocycles. The van der Waals surface area contributed by atoms with E-state index < -0.39 is 5.41 Å². The van der Waals surface area contributed by atoms with Crippen LogP contribution >= 0.6 is 0 Å². The summed E-state index contributed by atoms with van der Waals surface area (Å²) in [6, 6.07) is 18.5. The van der Waals surface area contributed by atoms with Crippen molar-refractivity contribution >= 4 is 5.97 Å². The van der Waals surface area contributed by atoms with Crippen molar-refractivity contribution in [3.63, 3.8) is 0 Å². The van der Waals surface area contributed by atoms with Crippen LogP contribution < -0.4 is 4.74 Å². The third kappa shape index (κ3) is 3.34. The zero-order chi connectivity index (χ0) is 19.8. The van der Waals surface area contributed by atoms with Gasteiger partial charge in [-0.05, 0) is 54.9 Å². The Bertz CT molecular complexity index is 866. The highest BCUT2D eigenvalue weighted by molar-refractivity contribution is 5.78. The number of ether oxygens (including phenoxy) is 2. The second-order valence-corrected chi connectivity index (χ2v) is 8.82. The van der Waals surface area contributed by atoms with Crippen molar-refractivity contribution in [2.24, 2.45) is 17.3 Å². The minimum Gasteiger partial charge on any atom is -0.457 e. The molecule has 4 rings (SSSR count). The van der Waals surface area contributed by atoms with Crippen LogP contribution in [0.4, 0.5) is 0 Å². The quantitative estimate of drug-likeness (QED) is 0.380. The summed E-state index contributed by atoms with van der Waals surface area (Å²) in [5.41, 5.74) is 2.00. The van der Waals surface area contributed by atoms with Gasteiger partial charge in [-0.3, -0.25) is 4.79 Å². The Morgan fingerprint density at radius 3 is 2.32 bits per heavy atom. The topological polar surface area (TPSA) is 35.5 Å². The van der Waals surface area contributed by atoms with E-state index in [4.69, 9.17) is 9.47 Å². The SMILES string of the molecule is CC(C)(c1ccccc1)c1ccc(OCOC(=O)C2(C)CC3C=CC2C3)cc1. The van der Waals surface area contributed by atoms with Gasteiger partial charge >= 0.3 is 5.97 Å². The molecule has 0 aliphatic heterocycles. The average Bonchev–Trinajstić information content (AvgIpc) is 3.30. The van der Waals surface area contributed by atoms with Crippen molar-refractivity contribution in [3.8, 4) is 5.75 Å². The Morgan fingerprint density at radius 2 is 1.71 bits per heavy atom. The molecule has 0 spiro atoms. The van der Waals surface area contributed by atoms with Crippen LogP contribution in [0.5, 0.6) is 5.75 Å². The van der Waals surface area contributed by atoms with Crippen molar-refractivity contribution in [1.82, 2.24) is 0 Å². The fourth-order valence-corrected chi connectivity index (χ4v) is 4.63. The van der Waals surface area contributed by atoms with Gasteiger partial charge in [-0.15, -0.1) is 0 Å². The molecule has 3 unspecified atom stereocenters. The molecule has 146 valence electrons. The van der Waals surface area contributed by atoms with Gasteiger partial charge in [0.2, 0.25) is 6.79 Å². The number of carbonyl (C=O) groups excluding carboxylic acids is 1. The molecule has 0 heterocycles. The van der Waals surface area contributed by atoms with Crippen LogP contribution in [0, 0.1) is 17.3 Å². The van der Waals surface area contributed by atoms with Gasteiger partial charge < -0.3 is 9.47 Å². The van der Waals surface area contributed by atoms with Gasteiger partial charge in [0.05, 0.1) is 5.41 Å². The smallest absolute Gasteiger partial charge is 0.315 e. The maximum atomic E-state index is 12.6. The lowest BCUT2D eigenvalue weighted by atomic mass is 9.78. The Kier molecular flexibility index (Phi) is 4.78. The number of fused-ring (bicyclic) bond motifs is 2. The summed E-state index contributed by atoms with van der Waals surface area (Å²) in [6.07, 6.45) is 6.36. The molecule has 2 aromatic carbocycles. The molecule has 2 bridgehead atoms. The number of allylic oxidation sites excluding steroid dienone is 2. The van der Waals surface area contributed by atoms with Crippen molar-refractivity contribution < 1.29 is 14.3 Å². The lowest BCUT2D eigenvalue weighted by Crippen LogP contribution is -2.34. The molecule has 2 aliphatic carbocycles. The monoisotopic (exact) mass is 376 g/mol. The standard InChI is InChI=1S/C25H28O3/c1-24(2,19-7-5-4-6-8-19)20-11-13-22(14-12-20)27-17-28-23(26)25(3)16-18-9-10-21(25)15-18/h4-14,18,21H,15-17H2,1-3H3. The Morgan fingerprint density at radius 1 is 1.04 bits per heavy atom. The van der Waals surface area contributed by atoms with E-state index in [9.17, 15) is 4.79 Å². The van der Waals surface area contributed by atoms with Gasteiger partial charge in [-0.1, -0.05) is 68.5 Å². The predicted molar refractivity (Wildman–Crippen MR) is 110 cm³/mol. The van der Waals surface area contributed by atoms with Gasteiger partial charge in [-0.25, -0.2) is 0 Å². The summed E-state index contributed by atoms with van der Waals surface area (Å²) in [5, 5.41) is 0. The number of rotatable bonds is 6. The molecule has 0 N–H and O–H groups in total. The highest BCUT2D eigenvalue weighted by Gasteiger charge is 2.51. The van der Waals surface area contributed by atoms with Gasteiger partial charge in [0.25, 0.3) is 0 Å². The van der Waals surface area contributed by atoms with Crippen LogP contribution in [-0.4, -0.2) is 12.8 Å². The first-order valence-corrected chi connectivity index (χ1v) is 10.0. The van der Waals surface area contributed by atoms with E-state index in [1.54, 1.807) is 0 Å². The molecule has 28 heavy (non-hydrogen) atoms. The summed E-state index contributed by atoms with van der Waals surface area (Å²) < 4.78 is 11.1.